The summed E-state index contributed by atoms with van der Waals surface area (Å²) in [5, 5.41) is 2.93. The molecule has 0 bridgehead atoms. The third-order valence-electron chi connectivity index (χ3n) is 2.82. The number of aromatic amines is 1. The van der Waals surface area contributed by atoms with Crippen LogP contribution in [0.5, 0.6) is 0 Å². The first-order valence-corrected chi connectivity index (χ1v) is 6.25. The molecule has 2 N–H and O–H groups in total. The number of aromatic nitrogens is 3. The number of pyridine rings is 1. The maximum atomic E-state index is 13.1. The van der Waals surface area contributed by atoms with Gasteiger partial charge in [0.2, 0.25) is 11.5 Å². The Hall–Kier alpha value is -3.02. The van der Waals surface area contributed by atoms with Gasteiger partial charge in [0.15, 0.2) is 0 Å². The molecular formula is C15H11FN4O. The van der Waals surface area contributed by atoms with Crippen molar-refractivity contribution in [2.75, 3.05) is 5.32 Å². The number of H-pyrrole nitrogens is 1. The van der Waals surface area contributed by atoms with Gasteiger partial charge < -0.3 is 10.3 Å². The van der Waals surface area contributed by atoms with Crippen molar-refractivity contribution in [1.82, 2.24) is 15.0 Å². The van der Waals surface area contributed by atoms with Crippen LogP contribution in [0.4, 0.5) is 16.0 Å². The lowest BCUT2D eigenvalue weighted by atomic mass is 10.2. The van der Waals surface area contributed by atoms with E-state index in [0.29, 0.717) is 17.3 Å². The van der Waals surface area contributed by atoms with E-state index in [1.54, 1.807) is 36.7 Å². The fourth-order valence-electron chi connectivity index (χ4n) is 1.84. The van der Waals surface area contributed by atoms with E-state index in [0.717, 1.165) is 5.56 Å². The first-order valence-electron chi connectivity index (χ1n) is 6.25. The molecule has 0 unspecified atom stereocenters. The van der Waals surface area contributed by atoms with Gasteiger partial charge in [0.25, 0.3) is 0 Å². The molecule has 0 saturated carbocycles. The molecule has 1 aromatic carbocycles. The summed E-state index contributed by atoms with van der Waals surface area (Å²) in [5.74, 6) is 0.0149. The van der Waals surface area contributed by atoms with Gasteiger partial charge in [-0.15, -0.1) is 0 Å². The molecule has 0 radical (unpaired) electrons. The monoisotopic (exact) mass is 282 g/mol. The van der Waals surface area contributed by atoms with E-state index < -0.39 is 0 Å². The van der Waals surface area contributed by atoms with Crippen molar-refractivity contribution in [1.29, 1.82) is 0 Å². The molecule has 0 saturated heterocycles. The van der Waals surface area contributed by atoms with Crippen molar-refractivity contribution >= 4 is 11.6 Å². The van der Waals surface area contributed by atoms with Crippen molar-refractivity contribution in [2.45, 2.75) is 0 Å². The van der Waals surface area contributed by atoms with E-state index >= 15 is 0 Å². The van der Waals surface area contributed by atoms with Crippen molar-refractivity contribution in [3.05, 3.63) is 71.0 Å². The minimum atomic E-state index is -0.336. The highest BCUT2D eigenvalue weighted by Crippen LogP contribution is 2.18. The molecule has 0 aliphatic rings. The first-order chi connectivity index (χ1) is 10.2. The number of nitrogens with one attached hydrogen (secondary N) is 2. The highest BCUT2D eigenvalue weighted by atomic mass is 19.1. The molecule has 3 rings (SSSR count). The Bertz CT molecular complexity index is 811. The number of hydrogen-bond acceptors (Lipinski definition) is 4. The Labute approximate surface area is 119 Å². The van der Waals surface area contributed by atoms with Gasteiger partial charge in [0.05, 0.1) is 5.69 Å². The van der Waals surface area contributed by atoms with Crippen LogP contribution in [-0.2, 0) is 0 Å². The number of benzene rings is 1. The van der Waals surface area contributed by atoms with Gasteiger partial charge in [-0.3, -0.25) is 4.79 Å². The summed E-state index contributed by atoms with van der Waals surface area (Å²) in [5.41, 5.74) is 1.80. The molecule has 104 valence electrons. The third kappa shape index (κ3) is 3.11. The predicted molar refractivity (Wildman–Crippen MR) is 77.8 cm³/mol. The van der Waals surface area contributed by atoms with Crippen LogP contribution in [0, 0.1) is 5.82 Å². The van der Waals surface area contributed by atoms with Crippen LogP contribution < -0.4 is 10.9 Å². The van der Waals surface area contributed by atoms with Gasteiger partial charge in [-0.1, -0.05) is 6.07 Å². The van der Waals surface area contributed by atoms with Crippen LogP contribution in [0.15, 0.2) is 59.7 Å². The topological polar surface area (TPSA) is 70.7 Å². The lowest BCUT2D eigenvalue weighted by molar-refractivity contribution is 0.628. The summed E-state index contributed by atoms with van der Waals surface area (Å²) in [6.07, 6.45) is 3.17. The van der Waals surface area contributed by atoms with Crippen molar-refractivity contribution in [2.24, 2.45) is 0 Å². The van der Waals surface area contributed by atoms with Crippen molar-refractivity contribution in [3.8, 4) is 11.3 Å². The molecule has 0 aliphatic carbocycles. The Kier molecular flexibility index (Phi) is 3.42. The van der Waals surface area contributed by atoms with Crippen LogP contribution in [-0.4, -0.2) is 15.0 Å². The molecule has 0 spiro atoms. The smallest absolute Gasteiger partial charge is 0.247 e. The van der Waals surface area contributed by atoms with E-state index in [2.05, 4.69) is 20.3 Å². The Morgan fingerprint density at radius 2 is 2.05 bits per heavy atom. The normalized spacial score (nSPS) is 10.3. The first kappa shape index (κ1) is 13.0. The largest absolute Gasteiger partial charge is 0.328 e. The SMILES string of the molecule is O=c1ccc(-c2ccnc(Nc3cccc(F)c3)n2)c[nH]1. The Balaban J connectivity index is 1.89. The quantitative estimate of drug-likeness (QED) is 0.775. The summed E-state index contributed by atoms with van der Waals surface area (Å²) in [4.78, 5) is 22.1. The summed E-state index contributed by atoms with van der Waals surface area (Å²) in [7, 11) is 0. The lowest BCUT2D eigenvalue weighted by Gasteiger charge is -2.06. The number of hydrogen-bond donors (Lipinski definition) is 2. The second-order valence-corrected chi connectivity index (χ2v) is 4.34. The summed E-state index contributed by atoms with van der Waals surface area (Å²) in [6.45, 7) is 0. The average Bonchev–Trinajstić information content (AvgIpc) is 2.48. The number of rotatable bonds is 3. The van der Waals surface area contributed by atoms with Crippen LogP contribution in [0.1, 0.15) is 0 Å². The third-order valence-corrected chi connectivity index (χ3v) is 2.82. The zero-order chi connectivity index (χ0) is 14.7. The molecule has 5 nitrogen and oxygen atoms in total. The lowest BCUT2D eigenvalue weighted by Crippen LogP contribution is -2.02. The Morgan fingerprint density at radius 1 is 1.14 bits per heavy atom. The maximum Gasteiger partial charge on any atom is 0.247 e. The van der Waals surface area contributed by atoms with Gasteiger partial charge in [-0.2, -0.15) is 0 Å². The molecule has 2 aromatic heterocycles. The van der Waals surface area contributed by atoms with E-state index in [1.807, 2.05) is 0 Å². The summed E-state index contributed by atoms with van der Waals surface area (Å²) >= 11 is 0. The van der Waals surface area contributed by atoms with E-state index in [1.165, 1.54) is 18.2 Å². The fourth-order valence-corrected chi connectivity index (χ4v) is 1.84. The zero-order valence-corrected chi connectivity index (χ0v) is 10.9. The molecule has 6 heteroatoms. The van der Waals surface area contributed by atoms with Crippen LogP contribution in [0.3, 0.4) is 0 Å². The van der Waals surface area contributed by atoms with E-state index in [4.69, 9.17) is 0 Å². The molecular weight excluding hydrogens is 271 g/mol. The van der Waals surface area contributed by atoms with Gasteiger partial charge in [0, 0.05) is 29.7 Å². The maximum absolute atomic E-state index is 13.1. The van der Waals surface area contributed by atoms with E-state index in [-0.39, 0.29) is 11.4 Å². The minimum absolute atomic E-state index is 0.175. The summed E-state index contributed by atoms with van der Waals surface area (Å²) < 4.78 is 13.1. The highest BCUT2D eigenvalue weighted by molar-refractivity contribution is 5.60. The molecule has 21 heavy (non-hydrogen) atoms. The Morgan fingerprint density at radius 3 is 2.81 bits per heavy atom. The predicted octanol–water partition coefficient (Wildman–Crippen LogP) is 2.71. The molecule has 3 aromatic rings. The molecule has 2 heterocycles. The highest BCUT2D eigenvalue weighted by Gasteiger charge is 2.03. The van der Waals surface area contributed by atoms with E-state index in [9.17, 15) is 9.18 Å². The fraction of sp³-hybridized carbons (Fsp3) is 0. The second kappa shape index (κ2) is 5.54. The summed E-state index contributed by atoms with van der Waals surface area (Å²) in [6, 6.07) is 10.9. The van der Waals surface area contributed by atoms with Gasteiger partial charge in [-0.25, -0.2) is 14.4 Å². The zero-order valence-electron chi connectivity index (χ0n) is 10.9. The second-order valence-electron chi connectivity index (χ2n) is 4.34. The molecule has 0 aliphatic heterocycles. The molecule has 0 atom stereocenters. The molecule has 0 fully saturated rings. The van der Waals surface area contributed by atoms with Crippen LogP contribution in [0.25, 0.3) is 11.3 Å². The van der Waals surface area contributed by atoms with Crippen molar-refractivity contribution in [3.63, 3.8) is 0 Å². The number of nitrogens with zero attached hydrogens (tertiary/aromatic N) is 2. The van der Waals surface area contributed by atoms with Crippen molar-refractivity contribution < 1.29 is 4.39 Å². The van der Waals surface area contributed by atoms with Gasteiger partial charge in [-0.05, 0) is 30.3 Å². The minimum Gasteiger partial charge on any atom is -0.328 e. The standard InChI is InChI=1S/C15H11FN4O/c16-11-2-1-3-12(8-11)19-15-17-7-6-13(20-15)10-4-5-14(21)18-9-10/h1-9H,(H,18,21)(H,17,19,20). The average molecular weight is 282 g/mol. The van der Waals surface area contributed by atoms with Gasteiger partial charge in [0.1, 0.15) is 5.82 Å². The van der Waals surface area contributed by atoms with Crippen LogP contribution in [0.2, 0.25) is 0 Å². The van der Waals surface area contributed by atoms with Gasteiger partial charge >= 0.3 is 0 Å². The number of halogens is 1. The number of anilines is 2. The van der Waals surface area contributed by atoms with Crippen LogP contribution >= 0.6 is 0 Å². The molecule has 0 amide bonds.